The van der Waals surface area contributed by atoms with E-state index in [0.717, 1.165) is 12.2 Å². The second kappa shape index (κ2) is 4.16. The van der Waals surface area contributed by atoms with E-state index in [9.17, 15) is 9.18 Å². The summed E-state index contributed by atoms with van der Waals surface area (Å²) < 4.78 is 13.4. The average Bonchev–Trinajstić information content (AvgIpc) is 2.56. The number of aromatic nitrogens is 2. The van der Waals surface area contributed by atoms with Crippen molar-refractivity contribution in [2.75, 3.05) is 0 Å². The van der Waals surface area contributed by atoms with Crippen molar-refractivity contribution in [1.82, 2.24) is 9.97 Å². The highest BCUT2D eigenvalue weighted by Gasteiger charge is 2.14. The van der Waals surface area contributed by atoms with Gasteiger partial charge in [0.25, 0.3) is 0 Å². The number of imidazole rings is 1. The first-order valence-corrected chi connectivity index (χ1v) is 5.39. The van der Waals surface area contributed by atoms with Gasteiger partial charge in [-0.1, -0.05) is 13.8 Å². The van der Waals surface area contributed by atoms with Crippen LogP contribution in [0.25, 0.3) is 11.0 Å². The molecule has 2 N–H and O–H groups in total. The molecule has 2 aromatic rings. The van der Waals surface area contributed by atoms with Gasteiger partial charge in [0.1, 0.15) is 11.6 Å². The number of halogens is 1. The molecule has 0 saturated heterocycles. The molecule has 0 saturated carbocycles. The lowest BCUT2D eigenvalue weighted by Gasteiger charge is -1.98. The zero-order valence-corrected chi connectivity index (χ0v) is 9.62. The van der Waals surface area contributed by atoms with Crippen LogP contribution in [0.15, 0.2) is 12.1 Å². The minimum absolute atomic E-state index is 0.347. The fourth-order valence-corrected chi connectivity index (χ4v) is 1.73. The molecule has 17 heavy (non-hydrogen) atoms. The summed E-state index contributed by atoms with van der Waals surface area (Å²) in [7, 11) is 0. The maximum absolute atomic E-state index is 13.4. The SMILES string of the molecule is CC(C)Cc1nc2cc(C(=O)O)c(F)cc2[nH]1. The molecule has 5 heteroatoms. The third-order valence-corrected chi connectivity index (χ3v) is 2.45. The molecular weight excluding hydrogens is 223 g/mol. The molecule has 2 rings (SSSR count). The molecule has 1 heterocycles. The number of fused-ring (bicyclic) bond motifs is 1. The standard InChI is InChI=1S/C12H13FN2O2/c1-6(2)3-11-14-9-4-7(12(16)17)8(13)5-10(9)15-11/h4-6H,3H2,1-2H3,(H,14,15)(H,16,17). The summed E-state index contributed by atoms with van der Waals surface area (Å²) in [4.78, 5) is 18.0. The van der Waals surface area contributed by atoms with Crippen LogP contribution in [0.5, 0.6) is 0 Å². The molecule has 4 nitrogen and oxygen atoms in total. The fourth-order valence-electron chi connectivity index (χ4n) is 1.73. The van der Waals surface area contributed by atoms with E-state index in [2.05, 4.69) is 23.8 Å². The van der Waals surface area contributed by atoms with Gasteiger partial charge in [-0.15, -0.1) is 0 Å². The third-order valence-electron chi connectivity index (χ3n) is 2.45. The molecule has 0 spiro atoms. The van der Waals surface area contributed by atoms with Gasteiger partial charge in [-0.3, -0.25) is 0 Å². The summed E-state index contributed by atoms with van der Waals surface area (Å²) in [6.45, 7) is 4.10. The van der Waals surface area contributed by atoms with Crippen LogP contribution >= 0.6 is 0 Å². The number of aromatic amines is 1. The molecular formula is C12H13FN2O2. The molecule has 0 aliphatic heterocycles. The van der Waals surface area contributed by atoms with Gasteiger partial charge in [0.05, 0.1) is 16.6 Å². The Hall–Kier alpha value is -1.91. The molecule has 1 aromatic carbocycles. The molecule has 0 atom stereocenters. The summed E-state index contributed by atoms with van der Waals surface area (Å²) in [6, 6.07) is 2.43. The van der Waals surface area contributed by atoms with Gasteiger partial charge in [0, 0.05) is 12.5 Å². The quantitative estimate of drug-likeness (QED) is 0.860. The number of aromatic carboxylic acids is 1. The minimum Gasteiger partial charge on any atom is -0.478 e. The zero-order valence-electron chi connectivity index (χ0n) is 9.62. The van der Waals surface area contributed by atoms with Crippen molar-refractivity contribution in [2.45, 2.75) is 20.3 Å². The van der Waals surface area contributed by atoms with Gasteiger partial charge in [0.15, 0.2) is 0 Å². The van der Waals surface area contributed by atoms with Crippen LogP contribution in [0.2, 0.25) is 0 Å². The maximum atomic E-state index is 13.4. The molecule has 0 radical (unpaired) electrons. The van der Waals surface area contributed by atoms with E-state index >= 15 is 0 Å². The van der Waals surface area contributed by atoms with Crippen molar-refractivity contribution < 1.29 is 14.3 Å². The Bertz CT molecular complexity index is 575. The Morgan fingerprint density at radius 1 is 1.53 bits per heavy atom. The number of hydrogen-bond donors (Lipinski definition) is 2. The molecule has 0 aliphatic carbocycles. The normalized spacial score (nSPS) is 11.3. The van der Waals surface area contributed by atoms with Crippen LogP contribution in [-0.4, -0.2) is 21.0 Å². The van der Waals surface area contributed by atoms with Crippen molar-refractivity contribution in [2.24, 2.45) is 5.92 Å². The number of benzene rings is 1. The van der Waals surface area contributed by atoms with E-state index in [4.69, 9.17) is 5.11 Å². The Kier molecular flexibility index (Phi) is 2.83. The van der Waals surface area contributed by atoms with E-state index in [1.54, 1.807) is 0 Å². The molecule has 1 aromatic heterocycles. The largest absolute Gasteiger partial charge is 0.478 e. The molecule has 0 amide bonds. The third kappa shape index (κ3) is 2.27. The van der Waals surface area contributed by atoms with Crippen molar-refractivity contribution in [3.63, 3.8) is 0 Å². The van der Waals surface area contributed by atoms with Gasteiger partial charge in [-0.2, -0.15) is 0 Å². The van der Waals surface area contributed by atoms with Gasteiger partial charge >= 0.3 is 5.97 Å². The summed E-state index contributed by atoms with van der Waals surface area (Å²) in [5.41, 5.74) is 0.669. The number of carbonyl (C=O) groups is 1. The predicted octanol–water partition coefficient (Wildman–Crippen LogP) is 2.60. The summed E-state index contributed by atoms with van der Waals surface area (Å²) in [6.07, 6.45) is 0.749. The van der Waals surface area contributed by atoms with E-state index in [1.807, 2.05) is 0 Å². The zero-order chi connectivity index (χ0) is 12.6. The van der Waals surface area contributed by atoms with Crippen LogP contribution in [0, 0.1) is 11.7 Å². The number of rotatable bonds is 3. The van der Waals surface area contributed by atoms with Crippen LogP contribution in [-0.2, 0) is 6.42 Å². The highest BCUT2D eigenvalue weighted by molar-refractivity contribution is 5.92. The van der Waals surface area contributed by atoms with Gasteiger partial charge in [-0.25, -0.2) is 14.2 Å². The molecule has 90 valence electrons. The van der Waals surface area contributed by atoms with E-state index in [1.165, 1.54) is 12.1 Å². The average molecular weight is 236 g/mol. The number of carboxylic acid groups (broad SMARTS) is 1. The molecule has 0 unspecified atom stereocenters. The molecule has 0 aliphatic rings. The van der Waals surface area contributed by atoms with E-state index < -0.39 is 11.8 Å². The Balaban J connectivity index is 2.50. The first-order chi connectivity index (χ1) is 7.97. The lowest BCUT2D eigenvalue weighted by Crippen LogP contribution is -1.99. The number of H-pyrrole nitrogens is 1. The lowest BCUT2D eigenvalue weighted by molar-refractivity contribution is 0.0692. The van der Waals surface area contributed by atoms with E-state index in [0.29, 0.717) is 17.0 Å². The second-order valence-corrected chi connectivity index (χ2v) is 4.44. The van der Waals surface area contributed by atoms with Crippen molar-refractivity contribution in [1.29, 1.82) is 0 Å². The summed E-state index contributed by atoms with van der Waals surface area (Å²) in [5.74, 6) is -0.848. The molecule has 0 fully saturated rings. The summed E-state index contributed by atoms with van der Waals surface area (Å²) >= 11 is 0. The van der Waals surface area contributed by atoms with Crippen molar-refractivity contribution in [3.05, 3.63) is 29.3 Å². The monoisotopic (exact) mass is 236 g/mol. The first-order valence-electron chi connectivity index (χ1n) is 5.39. The van der Waals surface area contributed by atoms with Gasteiger partial charge in [-0.05, 0) is 12.0 Å². The predicted molar refractivity (Wildman–Crippen MR) is 61.6 cm³/mol. The van der Waals surface area contributed by atoms with Crippen molar-refractivity contribution in [3.8, 4) is 0 Å². The highest BCUT2D eigenvalue weighted by Crippen LogP contribution is 2.18. The smallest absolute Gasteiger partial charge is 0.338 e. The van der Waals surface area contributed by atoms with Gasteiger partial charge < -0.3 is 10.1 Å². The number of hydrogen-bond acceptors (Lipinski definition) is 2. The van der Waals surface area contributed by atoms with Crippen LogP contribution < -0.4 is 0 Å². The number of nitrogens with one attached hydrogen (secondary N) is 1. The second-order valence-electron chi connectivity index (χ2n) is 4.44. The van der Waals surface area contributed by atoms with E-state index in [-0.39, 0.29) is 5.56 Å². The molecule has 0 bridgehead atoms. The topological polar surface area (TPSA) is 66.0 Å². The Morgan fingerprint density at radius 2 is 2.24 bits per heavy atom. The number of nitrogens with zero attached hydrogens (tertiary/aromatic N) is 1. The van der Waals surface area contributed by atoms with Gasteiger partial charge in [0.2, 0.25) is 0 Å². The summed E-state index contributed by atoms with van der Waals surface area (Å²) in [5, 5.41) is 8.80. The van der Waals surface area contributed by atoms with Crippen LogP contribution in [0.4, 0.5) is 4.39 Å². The Morgan fingerprint density at radius 3 is 2.82 bits per heavy atom. The minimum atomic E-state index is -1.28. The maximum Gasteiger partial charge on any atom is 0.338 e. The number of carboxylic acids is 1. The Labute approximate surface area is 97.5 Å². The highest BCUT2D eigenvalue weighted by atomic mass is 19.1. The van der Waals surface area contributed by atoms with Crippen molar-refractivity contribution >= 4 is 17.0 Å². The fraction of sp³-hybridized carbons (Fsp3) is 0.333. The first kappa shape index (κ1) is 11.6. The lowest BCUT2D eigenvalue weighted by atomic mass is 10.1. The van der Waals surface area contributed by atoms with Crippen LogP contribution in [0.3, 0.4) is 0 Å². The van der Waals surface area contributed by atoms with Crippen LogP contribution in [0.1, 0.15) is 30.0 Å².